The van der Waals surface area contributed by atoms with E-state index in [1.165, 1.54) is 51.4 Å². The maximum absolute atomic E-state index is 11.5. The maximum Gasteiger partial charge on any atom is 0.305 e. The first-order valence-corrected chi connectivity index (χ1v) is 10.1. The third-order valence-corrected chi connectivity index (χ3v) is 4.32. The van der Waals surface area contributed by atoms with Gasteiger partial charge in [0.25, 0.3) is 0 Å². The van der Waals surface area contributed by atoms with Crippen molar-refractivity contribution in [3.8, 4) is 0 Å². The second-order valence-electron chi connectivity index (χ2n) is 6.78. The Balaban J connectivity index is 3.16. The van der Waals surface area contributed by atoms with E-state index in [0.29, 0.717) is 19.4 Å². The first-order chi connectivity index (χ1) is 11.7. The highest BCUT2D eigenvalue weighted by Gasteiger charge is 2.03. The zero-order valence-corrected chi connectivity index (χ0v) is 15.8. The minimum atomic E-state index is -0.245. The molecular formula is C20H39NO3. The molecule has 4 heteroatoms. The highest BCUT2D eigenvalue weighted by atomic mass is 16.5. The minimum absolute atomic E-state index is 0.0826. The Labute approximate surface area is 148 Å². The second kappa shape index (κ2) is 18.3. The van der Waals surface area contributed by atoms with Crippen LogP contribution in [0.5, 0.6) is 0 Å². The van der Waals surface area contributed by atoms with Crippen molar-refractivity contribution in [1.29, 1.82) is 0 Å². The van der Waals surface area contributed by atoms with Crippen molar-refractivity contribution < 1.29 is 14.3 Å². The van der Waals surface area contributed by atoms with E-state index in [9.17, 15) is 9.59 Å². The number of ether oxygens (including phenoxy) is 1. The summed E-state index contributed by atoms with van der Waals surface area (Å²) in [6.45, 7) is 2.82. The largest absolute Gasteiger partial charge is 0.466 e. The van der Waals surface area contributed by atoms with Crippen LogP contribution in [0.2, 0.25) is 0 Å². The average molecular weight is 342 g/mol. The highest BCUT2D eigenvalue weighted by molar-refractivity contribution is 5.73. The van der Waals surface area contributed by atoms with Gasteiger partial charge in [-0.15, -0.1) is 0 Å². The van der Waals surface area contributed by atoms with E-state index in [2.05, 4.69) is 6.92 Å². The minimum Gasteiger partial charge on any atom is -0.466 e. The monoisotopic (exact) mass is 341 g/mol. The van der Waals surface area contributed by atoms with Gasteiger partial charge in [-0.25, -0.2) is 0 Å². The summed E-state index contributed by atoms with van der Waals surface area (Å²) in [6.07, 6.45) is 17.4. The Hall–Kier alpha value is -1.06. The van der Waals surface area contributed by atoms with Gasteiger partial charge in [0.05, 0.1) is 6.61 Å². The van der Waals surface area contributed by atoms with Gasteiger partial charge in [0.1, 0.15) is 0 Å². The average Bonchev–Trinajstić information content (AvgIpc) is 2.55. The molecule has 24 heavy (non-hydrogen) atoms. The smallest absolute Gasteiger partial charge is 0.305 e. The molecule has 0 unspecified atom stereocenters. The Bertz CT molecular complexity index is 305. The predicted octanol–water partition coefficient (Wildman–Crippen LogP) is 5.28. The predicted molar refractivity (Wildman–Crippen MR) is 99.7 cm³/mol. The summed E-state index contributed by atoms with van der Waals surface area (Å²) in [6, 6.07) is 0. The number of primary amides is 1. The van der Waals surface area contributed by atoms with Crippen molar-refractivity contribution in [2.75, 3.05) is 6.61 Å². The molecule has 1 amide bonds. The second-order valence-corrected chi connectivity index (χ2v) is 6.78. The molecule has 142 valence electrons. The summed E-state index contributed by atoms with van der Waals surface area (Å²) in [7, 11) is 0. The molecule has 0 aromatic heterocycles. The molecule has 0 aliphatic heterocycles. The van der Waals surface area contributed by atoms with E-state index in [1.54, 1.807) is 0 Å². The molecule has 0 fully saturated rings. The van der Waals surface area contributed by atoms with Crippen molar-refractivity contribution in [2.24, 2.45) is 5.73 Å². The van der Waals surface area contributed by atoms with Gasteiger partial charge in [-0.3, -0.25) is 9.59 Å². The Morgan fingerprint density at radius 1 is 0.667 bits per heavy atom. The number of amides is 1. The van der Waals surface area contributed by atoms with Gasteiger partial charge < -0.3 is 10.5 Å². The zero-order chi connectivity index (χ0) is 17.9. The molecule has 0 aromatic carbocycles. The summed E-state index contributed by atoms with van der Waals surface area (Å²) < 4.78 is 5.25. The van der Waals surface area contributed by atoms with E-state index < -0.39 is 0 Å². The molecule has 0 atom stereocenters. The first-order valence-electron chi connectivity index (χ1n) is 10.1. The molecule has 0 spiro atoms. The molecule has 0 radical (unpaired) electrons. The van der Waals surface area contributed by atoms with Crippen molar-refractivity contribution in [3.63, 3.8) is 0 Å². The number of carbonyl (C=O) groups excluding carboxylic acids is 2. The van der Waals surface area contributed by atoms with Crippen LogP contribution in [0.3, 0.4) is 0 Å². The molecular weight excluding hydrogens is 302 g/mol. The van der Waals surface area contributed by atoms with Gasteiger partial charge in [0.15, 0.2) is 0 Å². The number of rotatable bonds is 18. The molecule has 0 heterocycles. The summed E-state index contributed by atoms with van der Waals surface area (Å²) in [5, 5.41) is 0. The van der Waals surface area contributed by atoms with E-state index >= 15 is 0 Å². The lowest BCUT2D eigenvalue weighted by Gasteiger charge is -2.05. The number of esters is 1. The maximum atomic E-state index is 11.5. The van der Waals surface area contributed by atoms with Gasteiger partial charge in [-0.1, -0.05) is 77.6 Å². The van der Waals surface area contributed by atoms with Crippen LogP contribution in [-0.2, 0) is 14.3 Å². The fourth-order valence-corrected chi connectivity index (χ4v) is 2.77. The third kappa shape index (κ3) is 19.0. The summed E-state index contributed by atoms with van der Waals surface area (Å²) in [5.74, 6) is -0.327. The van der Waals surface area contributed by atoms with Crippen LogP contribution < -0.4 is 5.73 Å². The third-order valence-electron chi connectivity index (χ3n) is 4.32. The lowest BCUT2D eigenvalue weighted by Crippen LogP contribution is -2.09. The van der Waals surface area contributed by atoms with Gasteiger partial charge >= 0.3 is 5.97 Å². The molecule has 0 bridgehead atoms. The van der Waals surface area contributed by atoms with Crippen molar-refractivity contribution in [2.45, 2.75) is 110 Å². The number of carbonyl (C=O) groups is 2. The van der Waals surface area contributed by atoms with E-state index in [-0.39, 0.29) is 11.9 Å². The number of nitrogens with two attached hydrogens (primary N) is 1. The Morgan fingerprint density at radius 2 is 1.12 bits per heavy atom. The normalized spacial score (nSPS) is 10.7. The summed E-state index contributed by atoms with van der Waals surface area (Å²) >= 11 is 0. The molecule has 0 aromatic rings. The molecule has 4 nitrogen and oxygen atoms in total. The number of hydrogen-bond donors (Lipinski definition) is 1. The topological polar surface area (TPSA) is 69.4 Å². The molecule has 0 saturated carbocycles. The lowest BCUT2D eigenvalue weighted by molar-refractivity contribution is -0.143. The van der Waals surface area contributed by atoms with Crippen LogP contribution in [0.1, 0.15) is 110 Å². The molecule has 0 saturated heterocycles. The molecule has 0 rings (SSSR count). The Morgan fingerprint density at radius 3 is 1.67 bits per heavy atom. The molecule has 2 N–H and O–H groups in total. The van der Waals surface area contributed by atoms with E-state index in [1.807, 2.05) is 0 Å². The van der Waals surface area contributed by atoms with E-state index in [0.717, 1.165) is 38.5 Å². The number of hydrogen-bond acceptors (Lipinski definition) is 3. The van der Waals surface area contributed by atoms with Crippen molar-refractivity contribution >= 4 is 11.9 Å². The van der Waals surface area contributed by atoms with Gasteiger partial charge in [-0.05, 0) is 19.3 Å². The molecule has 0 aliphatic carbocycles. The number of unbranched alkanes of at least 4 members (excludes halogenated alkanes) is 12. The zero-order valence-electron chi connectivity index (χ0n) is 15.8. The Kier molecular flexibility index (Phi) is 17.5. The van der Waals surface area contributed by atoms with Crippen LogP contribution in [-0.4, -0.2) is 18.5 Å². The first kappa shape index (κ1) is 22.9. The SMILES string of the molecule is CCCCCCCCCCCCOC(=O)CCCCCCC(N)=O. The lowest BCUT2D eigenvalue weighted by atomic mass is 10.1. The van der Waals surface area contributed by atoms with Crippen LogP contribution in [0.15, 0.2) is 0 Å². The van der Waals surface area contributed by atoms with Crippen LogP contribution in [0.4, 0.5) is 0 Å². The van der Waals surface area contributed by atoms with Gasteiger partial charge in [0, 0.05) is 12.8 Å². The van der Waals surface area contributed by atoms with Crippen molar-refractivity contribution in [3.05, 3.63) is 0 Å². The van der Waals surface area contributed by atoms with Gasteiger partial charge in [-0.2, -0.15) is 0 Å². The summed E-state index contributed by atoms with van der Waals surface area (Å²) in [5.41, 5.74) is 5.07. The van der Waals surface area contributed by atoms with Gasteiger partial charge in [0.2, 0.25) is 5.91 Å². The quantitative estimate of drug-likeness (QED) is 0.272. The standard InChI is InChI=1S/C20H39NO3/c1-2-3-4-5-6-7-8-9-12-15-18-24-20(23)17-14-11-10-13-16-19(21)22/h2-18H2,1H3,(H2,21,22). The highest BCUT2D eigenvalue weighted by Crippen LogP contribution is 2.11. The van der Waals surface area contributed by atoms with Crippen LogP contribution in [0.25, 0.3) is 0 Å². The fraction of sp³-hybridized carbons (Fsp3) is 0.900. The van der Waals surface area contributed by atoms with Crippen LogP contribution in [0, 0.1) is 0 Å². The van der Waals surface area contributed by atoms with E-state index in [4.69, 9.17) is 10.5 Å². The van der Waals surface area contributed by atoms with Crippen molar-refractivity contribution in [1.82, 2.24) is 0 Å². The molecule has 0 aliphatic rings. The van der Waals surface area contributed by atoms with Crippen LogP contribution >= 0.6 is 0 Å². The summed E-state index contributed by atoms with van der Waals surface area (Å²) in [4.78, 5) is 22.1. The fourth-order valence-electron chi connectivity index (χ4n) is 2.77.